The van der Waals surface area contributed by atoms with Gasteiger partial charge in [0.05, 0.1) is 0 Å². The predicted molar refractivity (Wildman–Crippen MR) is 87.6 cm³/mol. The van der Waals surface area contributed by atoms with Gasteiger partial charge >= 0.3 is 5.97 Å². The molecule has 1 atom stereocenters. The third-order valence-corrected chi connectivity index (χ3v) is 4.58. The minimum Gasteiger partial charge on any atom is -0.480 e. The van der Waals surface area contributed by atoms with E-state index >= 15 is 0 Å². The highest BCUT2D eigenvalue weighted by Crippen LogP contribution is 2.40. The molecule has 0 heterocycles. The zero-order valence-electron chi connectivity index (χ0n) is 14.3. The van der Waals surface area contributed by atoms with Crippen LogP contribution in [0.25, 0.3) is 0 Å². The van der Waals surface area contributed by atoms with Crippen LogP contribution in [0.5, 0.6) is 0 Å². The molecule has 4 nitrogen and oxygen atoms in total. The number of rotatable bonds is 12. The van der Waals surface area contributed by atoms with Gasteiger partial charge in [-0.3, -0.25) is 9.69 Å². The summed E-state index contributed by atoms with van der Waals surface area (Å²) in [6, 6.07) is 0.391. The molecule has 0 spiro atoms. The van der Waals surface area contributed by atoms with Gasteiger partial charge in [0.25, 0.3) is 0 Å². The Morgan fingerprint density at radius 3 is 2.38 bits per heavy atom. The van der Waals surface area contributed by atoms with Gasteiger partial charge in [0.1, 0.15) is 5.54 Å². The number of carbonyl (C=O) groups is 1. The number of carboxylic acid groups (broad SMARTS) is 1. The molecule has 0 bridgehead atoms. The van der Waals surface area contributed by atoms with E-state index in [1.165, 1.54) is 12.8 Å². The summed E-state index contributed by atoms with van der Waals surface area (Å²) < 4.78 is 0. The average molecular weight is 298 g/mol. The summed E-state index contributed by atoms with van der Waals surface area (Å²) in [7, 11) is 0. The minimum absolute atomic E-state index is 0.300. The van der Waals surface area contributed by atoms with Gasteiger partial charge in [-0.1, -0.05) is 26.7 Å². The Morgan fingerprint density at radius 1 is 1.29 bits per heavy atom. The monoisotopic (exact) mass is 298 g/mol. The maximum Gasteiger partial charge on any atom is 0.325 e. The van der Waals surface area contributed by atoms with Crippen LogP contribution < -0.4 is 5.32 Å². The fraction of sp³-hybridized carbons (Fsp3) is 0.941. The van der Waals surface area contributed by atoms with Crippen molar-refractivity contribution in [3.63, 3.8) is 0 Å². The van der Waals surface area contributed by atoms with Gasteiger partial charge in [-0.25, -0.2) is 0 Å². The van der Waals surface area contributed by atoms with Gasteiger partial charge < -0.3 is 10.4 Å². The normalized spacial score (nSPS) is 18.2. The van der Waals surface area contributed by atoms with E-state index in [9.17, 15) is 9.90 Å². The lowest BCUT2D eigenvalue weighted by Crippen LogP contribution is -2.61. The molecule has 0 saturated heterocycles. The van der Waals surface area contributed by atoms with Crippen molar-refractivity contribution in [3.05, 3.63) is 0 Å². The largest absolute Gasteiger partial charge is 0.480 e. The van der Waals surface area contributed by atoms with E-state index in [0.29, 0.717) is 18.5 Å². The Balaban J connectivity index is 2.77. The molecule has 1 aliphatic carbocycles. The van der Waals surface area contributed by atoms with E-state index in [4.69, 9.17) is 0 Å². The van der Waals surface area contributed by atoms with E-state index in [2.05, 4.69) is 37.9 Å². The lowest BCUT2D eigenvalue weighted by atomic mass is 9.91. The maximum atomic E-state index is 12.0. The van der Waals surface area contributed by atoms with Crippen LogP contribution in [-0.2, 0) is 4.79 Å². The SMILES string of the molecule is CCCCCN(CC(NCCC)(C(=O)O)C1CC1)C(C)C. The van der Waals surface area contributed by atoms with Crippen molar-refractivity contribution in [1.82, 2.24) is 10.2 Å². The summed E-state index contributed by atoms with van der Waals surface area (Å²) in [5, 5.41) is 13.3. The molecule has 1 rings (SSSR count). The first-order valence-corrected chi connectivity index (χ1v) is 8.70. The summed E-state index contributed by atoms with van der Waals surface area (Å²) >= 11 is 0. The van der Waals surface area contributed by atoms with E-state index in [1.807, 2.05) is 0 Å². The molecular formula is C17H34N2O2. The number of nitrogens with one attached hydrogen (secondary N) is 1. The molecule has 1 unspecified atom stereocenters. The summed E-state index contributed by atoms with van der Waals surface area (Å²) in [5.74, 6) is -0.367. The second-order valence-electron chi connectivity index (χ2n) is 6.75. The highest BCUT2D eigenvalue weighted by molar-refractivity contribution is 5.80. The van der Waals surface area contributed by atoms with Crippen LogP contribution in [-0.4, -0.2) is 47.2 Å². The zero-order valence-corrected chi connectivity index (χ0v) is 14.3. The molecule has 0 aromatic carbocycles. The fourth-order valence-corrected chi connectivity index (χ4v) is 2.98. The molecule has 4 heteroatoms. The molecule has 0 aromatic heterocycles. The summed E-state index contributed by atoms with van der Waals surface area (Å²) in [4.78, 5) is 14.4. The molecule has 0 aliphatic heterocycles. The molecule has 1 aliphatic rings. The summed E-state index contributed by atoms with van der Waals surface area (Å²) in [5.41, 5.74) is -0.744. The Labute approximate surface area is 130 Å². The predicted octanol–water partition coefficient (Wildman–Crippen LogP) is 3.12. The lowest BCUT2D eigenvalue weighted by molar-refractivity contribution is -0.147. The van der Waals surface area contributed by atoms with Crippen molar-refractivity contribution in [1.29, 1.82) is 0 Å². The first-order valence-electron chi connectivity index (χ1n) is 8.70. The molecule has 0 aromatic rings. The maximum absolute atomic E-state index is 12.0. The lowest BCUT2D eigenvalue weighted by Gasteiger charge is -2.38. The topological polar surface area (TPSA) is 52.6 Å². The van der Waals surface area contributed by atoms with Crippen LogP contribution in [0, 0.1) is 5.92 Å². The number of unbranched alkanes of at least 4 members (excludes halogenated alkanes) is 2. The quantitative estimate of drug-likeness (QED) is 0.544. The molecular weight excluding hydrogens is 264 g/mol. The molecule has 0 radical (unpaired) electrons. The van der Waals surface area contributed by atoms with Crippen molar-refractivity contribution in [2.75, 3.05) is 19.6 Å². The summed E-state index contributed by atoms with van der Waals surface area (Å²) in [6.07, 6.45) is 6.64. The zero-order chi connectivity index (χ0) is 15.9. The molecule has 1 saturated carbocycles. The fourth-order valence-electron chi connectivity index (χ4n) is 2.98. The number of aliphatic carboxylic acids is 1. The van der Waals surface area contributed by atoms with Crippen LogP contribution >= 0.6 is 0 Å². The first kappa shape index (κ1) is 18.4. The van der Waals surface area contributed by atoms with E-state index in [0.717, 1.165) is 38.8 Å². The Kier molecular flexibility index (Phi) is 7.67. The van der Waals surface area contributed by atoms with Crippen molar-refractivity contribution in [2.24, 2.45) is 5.92 Å². The number of hydrogen-bond acceptors (Lipinski definition) is 3. The Hall–Kier alpha value is -0.610. The van der Waals surface area contributed by atoms with Crippen molar-refractivity contribution in [3.8, 4) is 0 Å². The highest BCUT2D eigenvalue weighted by Gasteiger charge is 2.51. The van der Waals surface area contributed by atoms with Crippen LogP contribution in [0.15, 0.2) is 0 Å². The third-order valence-electron chi connectivity index (χ3n) is 4.58. The first-order chi connectivity index (χ1) is 9.97. The van der Waals surface area contributed by atoms with Crippen molar-refractivity contribution >= 4 is 5.97 Å². The van der Waals surface area contributed by atoms with Gasteiger partial charge in [0, 0.05) is 12.6 Å². The van der Waals surface area contributed by atoms with Crippen LogP contribution in [0.4, 0.5) is 0 Å². The second kappa shape index (κ2) is 8.74. The molecule has 0 amide bonds. The van der Waals surface area contributed by atoms with Crippen LogP contribution in [0.1, 0.15) is 66.2 Å². The number of carboxylic acids is 1. The second-order valence-corrected chi connectivity index (χ2v) is 6.75. The van der Waals surface area contributed by atoms with Crippen molar-refractivity contribution in [2.45, 2.75) is 77.8 Å². The van der Waals surface area contributed by atoms with Crippen LogP contribution in [0.2, 0.25) is 0 Å². The standard InChI is InChI=1S/C17H34N2O2/c1-5-7-8-12-19(14(3)4)13-17(16(20)21,15-9-10-15)18-11-6-2/h14-15,18H,5-13H2,1-4H3,(H,20,21). The van der Waals surface area contributed by atoms with Gasteiger partial charge in [0.15, 0.2) is 0 Å². The van der Waals surface area contributed by atoms with Crippen molar-refractivity contribution < 1.29 is 9.90 Å². The molecule has 124 valence electrons. The minimum atomic E-state index is -0.744. The summed E-state index contributed by atoms with van der Waals surface area (Å²) in [6.45, 7) is 11.1. The van der Waals surface area contributed by atoms with E-state index in [1.54, 1.807) is 0 Å². The van der Waals surface area contributed by atoms with Gasteiger partial charge in [0.2, 0.25) is 0 Å². The molecule has 1 fully saturated rings. The Bertz CT molecular complexity index is 316. The number of hydrogen-bond donors (Lipinski definition) is 2. The molecule has 2 N–H and O–H groups in total. The average Bonchev–Trinajstić information content (AvgIpc) is 3.26. The smallest absolute Gasteiger partial charge is 0.325 e. The van der Waals surface area contributed by atoms with Gasteiger partial charge in [-0.05, 0) is 58.5 Å². The van der Waals surface area contributed by atoms with E-state index < -0.39 is 11.5 Å². The number of nitrogens with zero attached hydrogens (tertiary/aromatic N) is 1. The van der Waals surface area contributed by atoms with Gasteiger partial charge in [-0.15, -0.1) is 0 Å². The Morgan fingerprint density at radius 2 is 1.95 bits per heavy atom. The van der Waals surface area contributed by atoms with Crippen LogP contribution in [0.3, 0.4) is 0 Å². The third kappa shape index (κ3) is 5.26. The van der Waals surface area contributed by atoms with E-state index in [-0.39, 0.29) is 0 Å². The highest BCUT2D eigenvalue weighted by atomic mass is 16.4. The van der Waals surface area contributed by atoms with Gasteiger partial charge in [-0.2, -0.15) is 0 Å². The molecule has 21 heavy (non-hydrogen) atoms.